The Morgan fingerprint density at radius 3 is 2.25 bits per heavy atom. The summed E-state index contributed by atoms with van der Waals surface area (Å²) in [6.07, 6.45) is 0. The zero-order valence-corrected chi connectivity index (χ0v) is 17.3. The van der Waals surface area contributed by atoms with Crippen LogP contribution in [0.5, 0.6) is 0 Å². The molecule has 1 aromatic heterocycles. The molecule has 1 aliphatic rings. The van der Waals surface area contributed by atoms with E-state index in [2.05, 4.69) is 19.2 Å². The highest BCUT2D eigenvalue weighted by atomic mass is 16.2. The van der Waals surface area contributed by atoms with E-state index in [9.17, 15) is 14.4 Å². The number of Topliss-reactive ketones (excluding diaryl/α,β-unsaturated/α-hetero) is 1. The summed E-state index contributed by atoms with van der Waals surface area (Å²) in [5.74, 6) is -0.278. The Bertz CT molecular complexity index is 956. The summed E-state index contributed by atoms with van der Waals surface area (Å²) in [6.45, 7) is 9.37. The van der Waals surface area contributed by atoms with Gasteiger partial charge in [0.15, 0.2) is 5.78 Å². The van der Waals surface area contributed by atoms with Crippen LogP contribution in [0.3, 0.4) is 0 Å². The third-order valence-corrected chi connectivity index (χ3v) is 5.81. The molecule has 1 aliphatic heterocycles. The zero-order valence-electron chi connectivity index (χ0n) is 17.3. The van der Waals surface area contributed by atoms with Gasteiger partial charge in [0.05, 0.1) is 6.54 Å². The number of amides is 3. The molecule has 1 fully saturated rings. The molecule has 0 bridgehead atoms. The molecule has 6 heteroatoms. The van der Waals surface area contributed by atoms with Gasteiger partial charge in [-0.2, -0.15) is 0 Å². The number of hydrogen-bond donors (Lipinski definition) is 1. The Hall–Kier alpha value is -2.89. The predicted octanol–water partition coefficient (Wildman–Crippen LogP) is 3.42. The van der Waals surface area contributed by atoms with Crippen molar-refractivity contribution >= 4 is 17.7 Å². The molecule has 0 unspecified atom stereocenters. The normalized spacial score (nSPS) is 19.5. The highest BCUT2D eigenvalue weighted by molar-refractivity contribution is 6.11. The molecule has 1 N–H and O–H groups in total. The van der Waals surface area contributed by atoms with E-state index in [0.29, 0.717) is 17.0 Å². The van der Waals surface area contributed by atoms with Crippen molar-refractivity contribution in [3.8, 4) is 0 Å². The van der Waals surface area contributed by atoms with Gasteiger partial charge in [0.1, 0.15) is 5.54 Å². The molecule has 1 atom stereocenters. The average Bonchev–Trinajstić information content (AvgIpc) is 3.04. The van der Waals surface area contributed by atoms with Crippen LogP contribution in [0.25, 0.3) is 0 Å². The number of benzene rings is 1. The van der Waals surface area contributed by atoms with E-state index >= 15 is 0 Å². The van der Waals surface area contributed by atoms with Gasteiger partial charge in [-0.15, -0.1) is 0 Å². The zero-order chi connectivity index (χ0) is 20.8. The Morgan fingerprint density at radius 1 is 1.14 bits per heavy atom. The van der Waals surface area contributed by atoms with Gasteiger partial charge < -0.3 is 9.88 Å². The number of ketones is 1. The summed E-state index contributed by atoms with van der Waals surface area (Å²) < 4.78 is 1.92. The Kier molecular flexibility index (Phi) is 4.91. The molecule has 6 nitrogen and oxygen atoms in total. The number of hydrogen-bond acceptors (Lipinski definition) is 3. The lowest BCUT2D eigenvalue weighted by Crippen LogP contribution is -2.41. The van der Waals surface area contributed by atoms with E-state index < -0.39 is 17.5 Å². The van der Waals surface area contributed by atoms with Gasteiger partial charge in [-0.05, 0) is 43.9 Å². The number of nitrogens with zero attached hydrogens (tertiary/aromatic N) is 2. The molecule has 0 aliphatic carbocycles. The van der Waals surface area contributed by atoms with Crippen LogP contribution in [0.4, 0.5) is 4.79 Å². The number of imide groups is 1. The van der Waals surface area contributed by atoms with Crippen LogP contribution in [0.1, 0.15) is 59.6 Å². The molecule has 2 aromatic rings. The standard InChI is InChI=1S/C22H27N3O3/c1-13(2)16-7-9-17(10-8-16)22(5)20(27)25(21(28)23-22)12-19(26)18-11-14(3)24(6)15(18)4/h7-11,13H,12H2,1-6H3,(H,23,28)/t22-/m1/s1. The minimum absolute atomic E-state index is 0.246. The van der Waals surface area contributed by atoms with E-state index in [0.717, 1.165) is 21.9 Å². The molecule has 3 amide bonds. The molecule has 148 valence electrons. The third-order valence-electron chi connectivity index (χ3n) is 5.81. The van der Waals surface area contributed by atoms with E-state index in [1.54, 1.807) is 13.0 Å². The highest BCUT2D eigenvalue weighted by Gasteiger charge is 2.49. The Morgan fingerprint density at radius 2 is 1.75 bits per heavy atom. The van der Waals surface area contributed by atoms with Crippen molar-refractivity contribution in [3.05, 3.63) is 58.4 Å². The summed E-state index contributed by atoms with van der Waals surface area (Å²) in [7, 11) is 1.88. The highest BCUT2D eigenvalue weighted by Crippen LogP contribution is 2.30. The van der Waals surface area contributed by atoms with Gasteiger partial charge in [-0.25, -0.2) is 4.79 Å². The van der Waals surface area contributed by atoms with Gasteiger partial charge in [0.2, 0.25) is 0 Å². The molecule has 2 heterocycles. The number of aromatic nitrogens is 1. The number of urea groups is 1. The van der Waals surface area contributed by atoms with Crippen molar-refractivity contribution in [2.45, 2.75) is 46.1 Å². The summed E-state index contributed by atoms with van der Waals surface area (Å²) in [5.41, 5.74) is 3.00. The fourth-order valence-electron chi connectivity index (χ4n) is 3.60. The maximum Gasteiger partial charge on any atom is 0.325 e. The van der Waals surface area contributed by atoms with E-state index in [1.807, 2.05) is 49.7 Å². The number of nitrogens with one attached hydrogen (secondary N) is 1. The second-order valence-electron chi connectivity index (χ2n) is 7.99. The van der Waals surface area contributed by atoms with Gasteiger partial charge in [0, 0.05) is 24.0 Å². The van der Waals surface area contributed by atoms with Crippen molar-refractivity contribution in [2.24, 2.45) is 7.05 Å². The van der Waals surface area contributed by atoms with Crippen molar-refractivity contribution in [1.29, 1.82) is 0 Å². The molecule has 1 saturated heterocycles. The van der Waals surface area contributed by atoms with Gasteiger partial charge >= 0.3 is 6.03 Å². The fourth-order valence-corrected chi connectivity index (χ4v) is 3.60. The van der Waals surface area contributed by atoms with Crippen molar-refractivity contribution < 1.29 is 14.4 Å². The first kappa shape index (κ1) is 19.9. The van der Waals surface area contributed by atoms with Crippen molar-refractivity contribution in [2.75, 3.05) is 6.54 Å². The van der Waals surface area contributed by atoms with Gasteiger partial charge in [0.25, 0.3) is 5.91 Å². The monoisotopic (exact) mass is 381 g/mol. The molecule has 0 saturated carbocycles. The molecule has 0 radical (unpaired) electrons. The predicted molar refractivity (Wildman–Crippen MR) is 107 cm³/mol. The number of rotatable bonds is 5. The van der Waals surface area contributed by atoms with Crippen LogP contribution in [-0.4, -0.2) is 33.7 Å². The largest absolute Gasteiger partial charge is 0.351 e. The number of carbonyl (C=O) groups excluding carboxylic acids is 3. The van der Waals surface area contributed by atoms with E-state index in [-0.39, 0.29) is 12.3 Å². The summed E-state index contributed by atoms with van der Waals surface area (Å²) in [4.78, 5) is 39.3. The van der Waals surface area contributed by atoms with Crippen LogP contribution >= 0.6 is 0 Å². The Balaban J connectivity index is 1.84. The van der Waals surface area contributed by atoms with Crippen LogP contribution in [0, 0.1) is 13.8 Å². The van der Waals surface area contributed by atoms with Gasteiger partial charge in [-0.1, -0.05) is 38.1 Å². The fraction of sp³-hybridized carbons (Fsp3) is 0.409. The summed E-state index contributed by atoms with van der Waals surface area (Å²) in [5, 5.41) is 2.76. The summed E-state index contributed by atoms with van der Waals surface area (Å²) >= 11 is 0. The SMILES string of the molecule is Cc1cc(C(=O)CN2C(=O)N[C@](C)(c3ccc(C(C)C)cc3)C2=O)c(C)n1C. The lowest BCUT2D eigenvalue weighted by molar-refractivity contribution is -0.130. The molecule has 1 aromatic carbocycles. The first-order valence-electron chi connectivity index (χ1n) is 9.47. The minimum Gasteiger partial charge on any atom is -0.351 e. The van der Waals surface area contributed by atoms with Crippen molar-refractivity contribution in [3.63, 3.8) is 0 Å². The quantitative estimate of drug-likeness (QED) is 0.637. The van der Waals surface area contributed by atoms with E-state index in [1.165, 1.54) is 0 Å². The number of aryl methyl sites for hydroxylation is 1. The van der Waals surface area contributed by atoms with Crippen LogP contribution < -0.4 is 5.32 Å². The number of carbonyl (C=O) groups is 3. The molecule has 28 heavy (non-hydrogen) atoms. The van der Waals surface area contributed by atoms with Crippen LogP contribution in [0.2, 0.25) is 0 Å². The molecule has 0 spiro atoms. The maximum absolute atomic E-state index is 13.1. The maximum atomic E-state index is 13.1. The van der Waals surface area contributed by atoms with Crippen LogP contribution in [-0.2, 0) is 17.4 Å². The Labute approximate surface area is 165 Å². The second-order valence-corrected chi connectivity index (χ2v) is 7.99. The topological polar surface area (TPSA) is 71.4 Å². The van der Waals surface area contributed by atoms with E-state index in [4.69, 9.17) is 0 Å². The average molecular weight is 381 g/mol. The molecular weight excluding hydrogens is 354 g/mol. The molecular formula is C22H27N3O3. The van der Waals surface area contributed by atoms with Crippen LogP contribution in [0.15, 0.2) is 30.3 Å². The molecule has 3 rings (SSSR count). The van der Waals surface area contributed by atoms with Crippen molar-refractivity contribution in [1.82, 2.24) is 14.8 Å². The lowest BCUT2D eigenvalue weighted by Gasteiger charge is -2.22. The first-order valence-corrected chi connectivity index (χ1v) is 9.47. The van der Waals surface area contributed by atoms with Gasteiger partial charge in [-0.3, -0.25) is 14.5 Å². The first-order chi connectivity index (χ1) is 13.1. The third kappa shape index (κ3) is 3.13. The summed E-state index contributed by atoms with van der Waals surface area (Å²) in [6, 6.07) is 8.91. The minimum atomic E-state index is -1.17. The lowest BCUT2D eigenvalue weighted by atomic mass is 9.90. The second kappa shape index (κ2) is 6.93. The smallest absolute Gasteiger partial charge is 0.325 e.